The summed E-state index contributed by atoms with van der Waals surface area (Å²) in [5.41, 5.74) is 1.29. The molecule has 120 valence electrons. The molecular formula is C16H17N3O4. The van der Waals surface area contributed by atoms with Gasteiger partial charge < -0.3 is 20.1 Å². The molecule has 1 aromatic carbocycles. The van der Waals surface area contributed by atoms with E-state index in [0.717, 1.165) is 5.39 Å². The number of aromatic nitrogens is 1. The zero-order valence-corrected chi connectivity index (χ0v) is 12.7. The number of pyridine rings is 1. The first-order valence-corrected chi connectivity index (χ1v) is 7.30. The number of anilines is 1. The number of likely N-dealkylation sites (tertiary alicyclic amines) is 1. The Balaban J connectivity index is 1.82. The zero-order chi connectivity index (χ0) is 16.4. The van der Waals surface area contributed by atoms with E-state index >= 15 is 0 Å². The Hall–Kier alpha value is -2.83. The summed E-state index contributed by atoms with van der Waals surface area (Å²) in [5.74, 6) is -0.722. The fourth-order valence-corrected chi connectivity index (χ4v) is 2.76. The lowest BCUT2D eigenvalue weighted by Crippen LogP contribution is -2.33. The van der Waals surface area contributed by atoms with Gasteiger partial charge in [-0.15, -0.1) is 0 Å². The number of benzene rings is 1. The molecule has 1 aliphatic heterocycles. The first kappa shape index (κ1) is 15.1. The van der Waals surface area contributed by atoms with Crippen LogP contribution in [0.5, 0.6) is 5.75 Å². The first-order chi connectivity index (χ1) is 11.1. The van der Waals surface area contributed by atoms with Crippen molar-refractivity contribution in [3.05, 3.63) is 30.5 Å². The number of carbonyl (C=O) groups is 2. The maximum absolute atomic E-state index is 12.4. The quantitative estimate of drug-likeness (QED) is 0.906. The van der Waals surface area contributed by atoms with Gasteiger partial charge in [-0.1, -0.05) is 0 Å². The van der Waals surface area contributed by atoms with Crippen LogP contribution in [0.2, 0.25) is 0 Å². The van der Waals surface area contributed by atoms with E-state index in [1.54, 1.807) is 31.5 Å². The van der Waals surface area contributed by atoms with Gasteiger partial charge in [-0.05, 0) is 30.7 Å². The van der Waals surface area contributed by atoms with Gasteiger partial charge >= 0.3 is 12.0 Å². The van der Waals surface area contributed by atoms with Gasteiger partial charge in [0.25, 0.3) is 0 Å². The molecule has 0 bridgehead atoms. The SMILES string of the molecule is COc1ccc(NC(=O)N2CCC(C(=O)O)C2)c2cccnc12. The van der Waals surface area contributed by atoms with E-state index in [1.165, 1.54) is 4.90 Å². The second kappa shape index (κ2) is 6.12. The van der Waals surface area contributed by atoms with Gasteiger partial charge in [0, 0.05) is 24.7 Å². The van der Waals surface area contributed by atoms with E-state index in [-0.39, 0.29) is 12.6 Å². The summed E-state index contributed by atoms with van der Waals surface area (Å²) in [6.45, 7) is 0.669. The number of ether oxygens (including phenoxy) is 1. The van der Waals surface area contributed by atoms with Crippen LogP contribution in [0.4, 0.5) is 10.5 Å². The normalized spacial score (nSPS) is 17.3. The number of methoxy groups -OCH3 is 1. The number of nitrogens with zero attached hydrogens (tertiary/aromatic N) is 2. The lowest BCUT2D eigenvalue weighted by atomic mass is 10.1. The third-order valence-corrected chi connectivity index (χ3v) is 4.02. The van der Waals surface area contributed by atoms with E-state index in [1.807, 2.05) is 6.07 Å². The van der Waals surface area contributed by atoms with Gasteiger partial charge in [-0.25, -0.2) is 4.79 Å². The number of hydrogen-bond donors (Lipinski definition) is 2. The van der Waals surface area contributed by atoms with Gasteiger partial charge in [-0.2, -0.15) is 0 Å². The molecular weight excluding hydrogens is 298 g/mol. The van der Waals surface area contributed by atoms with Crippen LogP contribution in [0.1, 0.15) is 6.42 Å². The van der Waals surface area contributed by atoms with E-state index < -0.39 is 11.9 Å². The number of nitrogens with one attached hydrogen (secondary N) is 1. The molecule has 7 heteroatoms. The Labute approximate surface area is 132 Å². The Morgan fingerprint density at radius 3 is 2.91 bits per heavy atom. The number of carbonyl (C=O) groups excluding carboxylic acids is 1. The first-order valence-electron chi connectivity index (χ1n) is 7.30. The number of carboxylic acids is 1. The number of hydrogen-bond acceptors (Lipinski definition) is 4. The molecule has 1 saturated heterocycles. The number of urea groups is 1. The van der Waals surface area contributed by atoms with Crippen LogP contribution in [0.15, 0.2) is 30.5 Å². The Bertz CT molecular complexity index is 762. The molecule has 2 aromatic rings. The standard InChI is InChI=1S/C16H17N3O4/c1-23-13-5-4-12(11-3-2-7-17-14(11)13)18-16(22)19-8-6-10(9-19)15(20)21/h2-5,7,10H,6,8-9H2,1H3,(H,18,22)(H,20,21). The van der Waals surface area contributed by atoms with Crippen LogP contribution >= 0.6 is 0 Å². The van der Waals surface area contributed by atoms with Crippen molar-refractivity contribution in [1.29, 1.82) is 0 Å². The van der Waals surface area contributed by atoms with E-state index in [9.17, 15) is 9.59 Å². The van der Waals surface area contributed by atoms with Crippen LogP contribution in [-0.4, -0.2) is 47.2 Å². The molecule has 7 nitrogen and oxygen atoms in total. The van der Waals surface area contributed by atoms with Crippen LogP contribution in [0.3, 0.4) is 0 Å². The summed E-state index contributed by atoms with van der Waals surface area (Å²) < 4.78 is 5.28. The molecule has 1 aliphatic rings. The maximum atomic E-state index is 12.4. The number of fused-ring (bicyclic) bond motifs is 1. The van der Waals surface area contributed by atoms with Crippen LogP contribution in [0, 0.1) is 5.92 Å². The predicted octanol–water partition coefficient (Wildman–Crippen LogP) is 2.18. The third-order valence-electron chi connectivity index (χ3n) is 4.02. The number of rotatable bonds is 3. The monoisotopic (exact) mass is 315 g/mol. The van der Waals surface area contributed by atoms with Crippen molar-refractivity contribution in [2.24, 2.45) is 5.92 Å². The lowest BCUT2D eigenvalue weighted by molar-refractivity contribution is -0.141. The van der Waals surface area contributed by atoms with E-state index in [4.69, 9.17) is 9.84 Å². The molecule has 1 unspecified atom stereocenters. The molecule has 2 N–H and O–H groups in total. The molecule has 1 aromatic heterocycles. The van der Waals surface area contributed by atoms with E-state index in [2.05, 4.69) is 10.3 Å². The minimum atomic E-state index is -0.862. The number of aliphatic carboxylic acids is 1. The fourth-order valence-electron chi connectivity index (χ4n) is 2.76. The summed E-state index contributed by atoms with van der Waals surface area (Å²) in [6, 6.07) is 6.84. The maximum Gasteiger partial charge on any atom is 0.321 e. The van der Waals surface area contributed by atoms with Crippen molar-refractivity contribution in [3.63, 3.8) is 0 Å². The summed E-state index contributed by atoms with van der Waals surface area (Å²) in [5, 5.41) is 12.6. The van der Waals surface area contributed by atoms with Crippen molar-refractivity contribution >= 4 is 28.6 Å². The second-order valence-electron chi connectivity index (χ2n) is 5.41. The Morgan fingerprint density at radius 2 is 2.22 bits per heavy atom. The highest BCUT2D eigenvalue weighted by molar-refractivity contribution is 6.02. The molecule has 1 atom stereocenters. The van der Waals surface area contributed by atoms with Crippen LogP contribution in [-0.2, 0) is 4.79 Å². The van der Waals surface area contributed by atoms with Gasteiger partial charge in [0.2, 0.25) is 0 Å². The van der Waals surface area contributed by atoms with Crippen molar-refractivity contribution < 1.29 is 19.4 Å². The van der Waals surface area contributed by atoms with Gasteiger partial charge in [0.05, 0.1) is 18.7 Å². The third kappa shape index (κ3) is 2.90. The molecule has 2 heterocycles. The highest BCUT2D eigenvalue weighted by atomic mass is 16.5. The van der Waals surface area contributed by atoms with Crippen LogP contribution < -0.4 is 10.1 Å². The topological polar surface area (TPSA) is 91.8 Å². The smallest absolute Gasteiger partial charge is 0.321 e. The molecule has 1 fully saturated rings. The summed E-state index contributed by atoms with van der Waals surface area (Å²) >= 11 is 0. The Morgan fingerprint density at radius 1 is 1.39 bits per heavy atom. The van der Waals surface area contributed by atoms with E-state index in [0.29, 0.717) is 29.9 Å². The largest absolute Gasteiger partial charge is 0.494 e. The molecule has 0 aliphatic carbocycles. The van der Waals surface area contributed by atoms with Crippen molar-refractivity contribution in [3.8, 4) is 5.75 Å². The van der Waals surface area contributed by atoms with Gasteiger partial charge in [-0.3, -0.25) is 9.78 Å². The number of carboxylic acid groups (broad SMARTS) is 1. The second-order valence-corrected chi connectivity index (χ2v) is 5.41. The van der Waals surface area contributed by atoms with Gasteiger partial charge in [0.15, 0.2) is 0 Å². The van der Waals surface area contributed by atoms with Crippen LogP contribution in [0.25, 0.3) is 10.9 Å². The molecule has 2 amide bonds. The molecule has 0 saturated carbocycles. The minimum absolute atomic E-state index is 0.230. The highest BCUT2D eigenvalue weighted by Gasteiger charge is 2.31. The number of amides is 2. The minimum Gasteiger partial charge on any atom is -0.494 e. The lowest BCUT2D eigenvalue weighted by Gasteiger charge is -2.18. The van der Waals surface area contributed by atoms with Crippen molar-refractivity contribution in [2.75, 3.05) is 25.5 Å². The fraction of sp³-hybridized carbons (Fsp3) is 0.312. The highest BCUT2D eigenvalue weighted by Crippen LogP contribution is 2.30. The van der Waals surface area contributed by atoms with Gasteiger partial charge in [0.1, 0.15) is 11.3 Å². The van der Waals surface area contributed by atoms with Crippen molar-refractivity contribution in [1.82, 2.24) is 9.88 Å². The summed E-state index contributed by atoms with van der Waals surface area (Å²) in [6.07, 6.45) is 2.14. The molecule has 23 heavy (non-hydrogen) atoms. The molecule has 3 rings (SSSR count). The predicted molar refractivity (Wildman–Crippen MR) is 84.6 cm³/mol. The zero-order valence-electron chi connectivity index (χ0n) is 12.7. The molecule has 0 spiro atoms. The average Bonchev–Trinajstić information content (AvgIpc) is 3.05. The Kier molecular flexibility index (Phi) is 4.01. The van der Waals surface area contributed by atoms with Crippen molar-refractivity contribution in [2.45, 2.75) is 6.42 Å². The average molecular weight is 315 g/mol. The summed E-state index contributed by atoms with van der Waals surface area (Å²) in [7, 11) is 1.57. The molecule has 0 radical (unpaired) electrons. The summed E-state index contributed by atoms with van der Waals surface area (Å²) in [4.78, 5) is 29.1.